The second-order valence-corrected chi connectivity index (χ2v) is 4.77. The predicted octanol–water partition coefficient (Wildman–Crippen LogP) is 2.34. The third-order valence-corrected chi connectivity index (χ3v) is 2.93. The molecule has 0 aliphatic carbocycles. The lowest BCUT2D eigenvalue weighted by molar-refractivity contribution is -0.184. The van der Waals surface area contributed by atoms with Crippen LogP contribution in [0.1, 0.15) is 17.3 Å². The van der Waals surface area contributed by atoms with Gasteiger partial charge in [0.1, 0.15) is 0 Å². The van der Waals surface area contributed by atoms with Crippen molar-refractivity contribution in [3.05, 3.63) is 28.8 Å². The lowest BCUT2D eigenvalue weighted by Crippen LogP contribution is -2.59. The number of hydrogen-bond acceptors (Lipinski definition) is 4. The Morgan fingerprint density at radius 2 is 1.90 bits per heavy atom. The normalized spacial score (nSPS) is 14.2. The molecule has 1 amide bonds. The molecule has 21 heavy (non-hydrogen) atoms. The molecule has 1 unspecified atom stereocenters. The van der Waals surface area contributed by atoms with E-state index in [0.29, 0.717) is 6.92 Å². The van der Waals surface area contributed by atoms with Crippen molar-refractivity contribution < 1.29 is 27.5 Å². The molecule has 0 aliphatic heterocycles. The average Bonchev–Trinajstić information content (AvgIpc) is 2.38. The van der Waals surface area contributed by atoms with Crippen LogP contribution in [0.3, 0.4) is 0 Å². The van der Waals surface area contributed by atoms with Gasteiger partial charge in [0.15, 0.2) is 5.54 Å². The maximum Gasteiger partial charge on any atom is 0.415 e. The zero-order valence-corrected chi connectivity index (χ0v) is 11.8. The number of anilines is 1. The van der Waals surface area contributed by atoms with Gasteiger partial charge in [-0.05, 0) is 25.1 Å². The van der Waals surface area contributed by atoms with Crippen LogP contribution in [0.25, 0.3) is 0 Å². The summed E-state index contributed by atoms with van der Waals surface area (Å²) in [4.78, 5) is 23.2. The van der Waals surface area contributed by atoms with Crippen molar-refractivity contribution in [3.63, 3.8) is 0 Å². The monoisotopic (exact) mass is 324 g/mol. The Hall–Kier alpha value is -1.80. The fourth-order valence-electron chi connectivity index (χ4n) is 1.29. The van der Waals surface area contributed by atoms with E-state index in [2.05, 4.69) is 4.74 Å². The van der Waals surface area contributed by atoms with Crippen LogP contribution in [0, 0.1) is 0 Å². The van der Waals surface area contributed by atoms with Crippen LogP contribution < -0.4 is 11.1 Å². The third-order valence-electron chi connectivity index (χ3n) is 2.70. The molecule has 0 aliphatic rings. The van der Waals surface area contributed by atoms with Crippen LogP contribution in [0.15, 0.2) is 18.2 Å². The van der Waals surface area contributed by atoms with Gasteiger partial charge in [0.2, 0.25) is 0 Å². The van der Waals surface area contributed by atoms with Crippen molar-refractivity contribution >= 4 is 29.2 Å². The van der Waals surface area contributed by atoms with Crippen molar-refractivity contribution in [2.75, 3.05) is 12.4 Å². The first-order valence-corrected chi connectivity index (χ1v) is 5.93. The van der Waals surface area contributed by atoms with Crippen LogP contribution in [-0.2, 0) is 9.53 Å². The Kier molecular flexibility index (Phi) is 4.85. The summed E-state index contributed by atoms with van der Waals surface area (Å²) in [7, 11) is 1.08. The smallest absolute Gasteiger partial charge is 0.415 e. The molecule has 0 aromatic heterocycles. The van der Waals surface area contributed by atoms with Gasteiger partial charge >= 0.3 is 12.1 Å². The summed E-state index contributed by atoms with van der Waals surface area (Å²) < 4.78 is 42.5. The van der Waals surface area contributed by atoms with E-state index < -0.39 is 23.6 Å². The molecule has 3 N–H and O–H groups in total. The van der Waals surface area contributed by atoms with Crippen LogP contribution in [0.2, 0.25) is 5.02 Å². The molecule has 1 aromatic carbocycles. The number of halogens is 4. The molecule has 0 heterocycles. The lowest BCUT2D eigenvalue weighted by Gasteiger charge is -2.26. The molecular formula is C12H12ClF3N2O3. The zero-order chi connectivity index (χ0) is 16.4. The first kappa shape index (κ1) is 17.3. The number of benzene rings is 1. The summed E-state index contributed by atoms with van der Waals surface area (Å²) in [6, 6.07) is 3.63. The number of hydrogen-bond donors (Lipinski definition) is 2. The molecule has 9 heteroatoms. The van der Waals surface area contributed by atoms with Gasteiger partial charge in [-0.15, -0.1) is 0 Å². The van der Waals surface area contributed by atoms with E-state index >= 15 is 0 Å². The molecule has 0 bridgehead atoms. The first-order chi connectivity index (χ1) is 9.50. The zero-order valence-electron chi connectivity index (χ0n) is 11.0. The fourth-order valence-corrected chi connectivity index (χ4v) is 1.46. The predicted molar refractivity (Wildman–Crippen MR) is 70.1 cm³/mol. The average molecular weight is 325 g/mol. The van der Waals surface area contributed by atoms with E-state index in [1.54, 1.807) is 0 Å². The standard InChI is InChI=1S/C12H12ClF3N2O3/c1-11(17,12(14,15)16)10(20)18-8-4-3-6(13)5-7(8)9(19)21-2/h3-5H,17H2,1-2H3,(H,18,20). The minimum absolute atomic E-state index is 0.153. The minimum Gasteiger partial charge on any atom is -0.465 e. The SMILES string of the molecule is COC(=O)c1cc(Cl)ccc1NC(=O)C(C)(N)C(F)(F)F. The van der Waals surface area contributed by atoms with Crippen LogP contribution in [0.5, 0.6) is 0 Å². The van der Waals surface area contributed by atoms with Crippen molar-refractivity contribution in [1.29, 1.82) is 0 Å². The van der Waals surface area contributed by atoms with E-state index in [9.17, 15) is 22.8 Å². The maximum absolute atomic E-state index is 12.7. The van der Waals surface area contributed by atoms with Crippen LogP contribution in [-0.4, -0.2) is 30.7 Å². The molecule has 0 saturated heterocycles. The number of ether oxygens (including phenoxy) is 1. The van der Waals surface area contributed by atoms with Gasteiger partial charge in [-0.2, -0.15) is 13.2 Å². The maximum atomic E-state index is 12.7. The van der Waals surface area contributed by atoms with E-state index in [-0.39, 0.29) is 16.3 Å². The number of esters is 1. The number of amides is 1. The van der Waals surface area contributed by atoms with E-state index in [1.807, 2.05) is 5.32 Å². The van der Waals surface area contributed by atoms with E-state index in [4.69, 9.17) is 17.3 Å². The summed E-state index contributed by atoms with van der Waals surface area (Å²) >= 11 is 5.69. The number of nitrogens with two attached hydrogens (primary N) is 1. The van der Waals surface area contributed by atoms with E-state index in [0.717, 1.165) is 13.2 Å². The highest BCUT2D eigenvalue weighted by molar-refractivity contribution is 6.31. The van der Waals surface area contributed by atoms with Crippen molar-refractivity contribution in [2.24, 2.45) is 5.73 Å². The Morgan fingerprint density at radius 1 is 1.33 bits per heavy atom. The number of alkyl halides is 3. The highest BCUT2D eigenvalue weighted by Gasteiger charge is 2.54. The van der Waals surface area contributed by atoms with Crippen LogP contribution in [0.4, 0.5) is 18.9 Å². The second-order valence-electron chi connectivity index (χ2n) is 4.34. The molecule has 0 saturated carbocycles. The van der Waals surface area contributed by atoms with Crippen molar-refractivity contribution in [1.82, 2.24) is 0 Å². The number of methoxy groups -OCH3 is 1. The van der Waals surface area contributed by atoms with Gasteiger partial charge in [-0.3, -0.25) is 4.79 Å². The van der Waals surface area contributed by atoms with Gasteiger partial charge in [-0.25, -0.2) is 4.79 Å². The molecule has 0 spiro atoms. The topological polar surface area (TPSA) is 81.4 Å². The fraction of sp³-hybridized carbons (Fsp3) is 0.333. The van der Waals surface area contributed by atoms with Gasteiger partial charge in [0.25, 0.3) is 5.91 Å². The Morgan fingerprint density at radius 3 is 2.38 bits per heavy atom. The molecule has 1 rings (SSSR count). The highest BCUT2D eigenvalue weighted by Crippen LogP contribution is 2.30. The third kappa shape index (κ3) is 3.64. The summed E-state index contributed by atoms with van der Waals surface area (Å²) in [5.74, 6) is -2.37. The highest BCUT2D eigenvalue weighted by atomic mass is 35.5. The first-order valence-electron chi connectivity index (χ1n) is 5.55. The number of carbonyl (C=O) groups excluding carboxylic acids is 2. The van der Waals surface area contributed by atoms with Gasteiger partial charge in [0, 0.05) is 5.02 Å². The summed E-state index contributed by atoms with van der Waals surface area (Å²) in [5, 5.41) is 2.11. The largest absolute Gasteiger partial charge is 0.465 e. The van der Waals surface area contributed by atoms with Crippen molar-refractivity contribution in [2.45, 2.75) is 18.6 Å². The lowest BCUT2D eigenvalue weighted by atomic mass is 10.0. The second kappa shape index (κ2) is 5.90. The number of carbonyl (C=O) groups is 2. The molecule has 5 nitrogen and oxygen atoms in total. The number of nitrogens with one attached hydrogen (secondary N) is 1. The quantitative estimate of drug-likeness (QED) is 0.836. The summed E-state index contributed by atoms with van der Waals surface area (Å²) in [6.07, 6.45) is -4.95. The van der Waals surface area contributed by atoms with Gasteiger partial charge in [-0.1, -0.05) is 11.6 Å². The summed E-state index contributed by atoms with van der Waals surface area (Å²) in [6.45, 7) is 0.524. The molecule has 1 aromatic rings. The van der Waals surface area contributed by atoms with Crippen molar-refractivity contribution in [3.8, 4) is 0 Å². The molecule has 0 fully saturated rings. The minimum atomic E-state index is -4.95. The van der Waals surface area contributed by atoms with E-state index in [1.165, 1.54) is 12.1 Å². The molecular weight excluding hydrogens is 313 g/mol. The summed E-state index contributed by atoms with van der Waals surface area (Å²) in [5.41, 5.74) is 1.52. The van der Waals surface area contributed by atoms with Crippen LogP contribution >= 0.6 is 11.6 Å². The molecule has 1 atom stereocenters. The Balaban J connectivity index is 3.14. The van der Waals surface area contributed by atoms with Gasteiger partial charge in [0.05, 0.1) is 18.4 Å². The number of rotatable bonds is 3. The Bertz CT molecular complexity index is 573. The molecule has 116 valence electrons. The Labute approximate surface area is 123 Å². The van der Waals surface area contributed by atoms with Gasteiger partial charge < -0.3 is 15.8 Å². The molecule has 0 radical (unpaired) electrons.